The topological polar surface area (TPSA) is 18.5 Å². The summed E-state index contributed by atoms with van der Waals surface area (Å²) in [7, 11) is 0. The summed E-state index contributed by atoms with van der Waals surface area (Å²) in [6.45, 7) is 7.01. The van der Waals surface area contributed by atoms with Gasteiger partial charge in [-0.1, -0.05) is 40.9 Å². The molecule has 1 heterocycles. The maximum atomic E-state index is 6.05. The number of hydrogen-bond donors (Lipinski definition) is 1. The van der Waals surface area contributed by atoms with Gasteiger partial charge < -0.3 is 15.1 Å². The van der Waals surface area contributed by atoms with Crippen LogP contribution in [0.3, 0.4) is 0 Å². The van der Waals surface area contributed by atoms with Crippen molar-refractivity contribution >= 4 is 51.9 Å². The van der Waals surface area contributed by atoms with Crippen LogP contribution in [-0.2, 0) is 0 Å². The smallest absolute Gasteiger partial charge is 0.173 e. The Morgan fingerprint density at radius 1 is 1.08 bits per heavy atom. The van der Waals surface area contributed by atoms with Gasteiger partial charge in [0.05, 0.1) is 0 Å². The minimum Gasteiger partial charge on any atom is -0.365 e. The van der Waals surface area contributed by atoms with Gasteiger partial charge in [-0.3, -0.25) is 0 Å². The highest BCUT2D eigenvalue weighted by molar-refractivity contribution is 7.80. The molecule has 0 bridgehead atoms. The zero-order chi connectivity index (χ0) is 18.0. The second kappa shape index (κ2) is 7.81. The van der Waals surface area contributed by atoms with Crippen LogP contribution in [0.4, 0.5) is 11.4 Å². The third-order valence-corrected chi connectivity index (χ3v) is 5.19. The SMILES string of the molecule is Cc1ccc(N2CCN(C(=S)Nc3cc(Cl)cc(Cl)c3)CC2C)cc1. The first kappa shape index (κ1) is 18.3. The molecule has 1 fully saturated rings. The quantitative estimate of drug-likeness (QED) is 0.705. The molecule has 3 rings (SSSR count). The first-order valence-electron chi connectivity index (χ1n) is 8.28. The van der Waals surface area contributed by atoms with Crippen molar-refractivity contribution in [1.82, 2.24) is 4.90 Å². The number of anilines is 2. The maximum Gasteiger partial charge on any atom is 0.173 e. The number of halogens is 2. The van der Waals surface area contributed by atoms with Crippen LogP contribution >= 0.6 is 35.4 Å². The Hall–Kier alpha value is -1.49. The summed E-state index contributed by atoms with van der Waals surface area (Å²) in [6, 6.07) is 14.4. The van der Waals surface area contributed by atoms with Gasteiger partial charge in [0, 0.05) is 47.1 Å². The zero-order valence-corrected chi connectivity index (χ0v) is 16.6. The maximum absolute atomic E-state index is 6.05. The lowest BCUT2D eigenvalue weighted by atomic mass is 10.1. The van der Waals surface area contributed by atoms with E-state index < -0.39 is 0 Å². The monoisotopic (exact) mass is 393 g/mol. The van der Waals surface area contributed by atoms with Gasteiger partial charge >= 0.3 is 0 Å². The number of aryl methyl sites for hydroxylation is 1. The number of hydrogen-bond acceptors (Lipinski definition) is 2. The second-order valence-corrected chi connectivity index (χ2v) is 7.67. The molecule has 0 spiro atoms. The van der Waals surface area contributed by atoms with Crippen LogP contribution in [-0.4, -0.2) is 35.7 Å². The van der Waals surface area contributed by atoms with Crippen LogP contribution in [0.15, 0.2) is 42.5 Å². The Balaban J connectivity index is 1.63. The van der Waals surface area contributed by atoms with Gasteiger partial charge in [-0.2, -0.15) is 0 Å². The molecule has 2 aromatic carbocycles. The van der Waals surface area contributed by atoms with Crippen molar-refractivity contribution in [3.05, 3.63) is 58.1 Å². The number of benzene rings is 2. The third kappa shape index (κ3) is 4.57. The average Bonchev–Trinajstić information content (AvgIpc) is 2.55. The van der Waals surface area contributed by atoms with E-state index in [4.69, 9.17) is 35.4 Å². The molecule has 0 amide bonds. The molecule has 1 aliphatic rings. The van der Waals surface area contributed by atoms with Crippen LogP contribution < -0.4 is 10.2 Å². The van der Waals surface area contributed by atoms with E-state index in [1.54, 1.807) is 6.07 Å². The van der Waals surface area contributed by atoms with Crippen LogP contribution in [0.5, 0.6) is 0 Å². The molecule has 3 nitrogen and oxygen atoms in total. The van der Waals surface area contributed by atoms with E-state index in [2.05, 4.69) is 53.2 Å². The fourth-order valence-electron chi connectivity index (χ4n) is 3.09. The van der Waals surface area contributed by atoms with Crippen molar-refractivity contribution in [3.8, 4) is 0 Å². The lowest BCUT2D eigenvalue weighted by molar-refractivity contribution is 0.342. The van der Waals surface area contributed by atoms with E-state index in [-0.39, 0.29) is 0 Å². The van der Waals surface area contributed by atoms with Gasteiger partial charge in [-0.05, 0) is 56.4 Å². The van der Waals surface area contributed by atoms with Gasteiger partial charge in [0.25, 0.3) is 0 Å². The Morgan fingerprint density at radius 3 is 2.32 bits per heavy atom. The molecule has 1 atom stereocenters. The van der Waals surface area contributed by atoms with Gasteiger partial charge in [-0.25, -0.2) is 0 Å². The highest BCUT2D eigenvalue weighted by atomic mass is 35.5. The van der Waals surface area contributed by atoms with Crippen LogP contribution in [0.25, 0.3) is 0 Å². The molecule has 132 valence electrons. The molecule has 1 unspecified atom stereocenters. The summed E-state index contributed by atoms with van der Waals surface area (Å²) in [5.74, 6) is 0. The normalized spacial score (nSPS) is 17.5. The first-order valence-corrected chi connectivity index (χ1v) is 9.44. The van der Waals surface area contributed by atoms with Crippen molar-refractivity contribution in [1.29, 1.82) is 0 Å². The minimum atomic E-state index is 0.374. The highest BCUT2D eigenvalue weighted by Crippen LogP contribution is 2.24. The van der Waals surface area contributed by atoms with Crippen molar-refractivity contribution in [3.63, 3.8) is 0 Å². The number of thiocarbonyl (C=S) groups is 1. The second-order valence-electron chi connectivity index (χ2n) is 6.41. The van der Waals surface area contributed by atoms with E-state index in [0.29, 0.717) is 21.2 Å². The highest BCUT2D eigenvalue weighted by Gasteiger charge is 2.25. The largest absolute Gasteiger partial charge is 0.365 e. The van der Waals surface area contributed by atoms with Gasteiger partial charge in [-0.15, -0.1) is 0 Å². The predicted molar refractivity (Wildman–Crippen MR) is 112 cm³/mol. The molecule has 25 heavy (non-hydrogen) atoms. The molecule has 0 radical (unpaired) electrons. The van der Waals surface area contributed by atoms with Crippen molar-refractivity contribution < 1.29 is 0 Å². The summed E-state index contributed by atoms with van der Waals surface area (Å²) in [5.41, 5.74) is 3.36. The summed E-state index contributed by atoms with van der Waals surface area (Å²) in [5, 5.41) is 5.13. The van der Waals surface area contributed by atoms with Gasteiger partial charge in [0.15, 0.2) is 5.11 Å². The number of rotatable bonds is 2. The molecule has 1 saturated heterocycles. The fraction of sp³-hybridized carbons (Fsp3) is 0.316. The van der Waals surface area contributed by atoms with E-state index in [1.165, 1.54) is 11.3 Å². The van der Waals surface area contributed by atoms with E-state index in [1.807, 2.05) is 12.1 Å². The van der Waals surface area contributed by atoms with Crippen LogP contribution in [0, 0.1) is 6.92 Å². The van der Waals surface area contributed by atoms with Crippen LogP contribution in [0.2, 0.25) is 10.0 Å². The lowest BCUT2D eigenvalue weighted by Gasteiger charge is -2.42. The molecular formula is C19H21Cl2N3S. The minimum absolute atomic E-state index is 0.374. The number of nitrogens with one attached hydrogen (secondary N) is 1. The zero-order valence-electron chi connectivity index (χ0n) is 14.3. The lowest BCUT2D eigenvalue weighted by Crippen LogP contribution is -2.54. The Morgan fingerprint density at radius 2 is 1.72 bits per heavy atom. The summed E-state index contributed by atoms with van der Waals surface area (Å²) >= 11 is 17.7. The molecule has 1 aliphatic heterocycles. The van der Waals surface area contributed by atoms with Gasteiger partial charge in [0.2, 0.25) is 0 Å². The van der Waals surface area contributed by atoms with Gasteiger partial charge in [0.1, 0.15) is 0 Å². The summed E-state index contributed by atoms with van der Waals surface area (Å²) in [4.78, 5) is 4.62. The summed E-state index contributed by atoms with van der Waals surface area (Å²) in [6.07, 6.45) is 0. The van der Waals surface area contributed by atoms with Crippen molar-refractivity contribution in [2.75, 3.05) is 29.9 Å². The van der Waals surface area contributed by atoms with Crippen molar-refractivity contribution in [2.24, 2.45) is 0 Å². The van der Waals surface area contributed by atoms with E-state index in [9.17, 15) is 0 Å². The molecule has 2 aromatic rings. The first-order chi connectivity index (χ1) is 11.9. The molecular weight excluding hydrogens is 373 g/mol. The molecule has 6 heteroatoms. The van der Waals surface area contributed by atoms with Crippen molar-refractivity contribution in [2.45, 2.75) is 19.9 Å². The average molecular weight is 394 g/mol. The molecule has 1 N–H and O–H groups in total. The Labute approximate surface area is 164 Å². The number of nitrogens with zero attached hydrogens (tertiary/aromatic N) is 2. The van der Waals surface area contributed by atoms with Crippen LogP contribution in [0.1, 0.15) is 12.5 Å². The Kier molecular flexibility index (Phi) is 5.72. The molecule has 0 aromatic heterocycles. The predicted octanol–water partition coefficient (Wildman–Crippen LogP) is 5.21. The molecule has 0 saturated carbocycles. The third-order valence-electron chi connectivity index (χ3n) is 4.39. The summed E-state index contributed by atoms with van der Waals surface area (Å²) < 4.78 is 0. The van der Waals surface area contributed by atoms with E-state index in [0.717, 1.165) is 25.3 Å². The fourth-order valence-corrected chi connectivity index (χ4v) is 3.90. The van der Waals surface area contributed by atoms with E-state index >= 15 is 0 Å². The molecule has 0 aliphatic carbocycles. The standard InChI is InChI=1S/C19H21Cl2N3S/c1-13-3-5-18(6-4-13)24-8-7-23(12-14(24)2)19(25)22-17-10-15(20)9-16(21)11-17/h3-6,9-11,14H,7-8,12H2,1-2H3,(H,22,25). The number of piperazine rings is 1. The Bertz CT molecular complexity index is 744.